The zero-order valence-corrected chi connectivity index (χ0v) is 15.0. The summed E-state index contributed by atoms with van der Waals surface area (Å²) < 4.78 is 11.4. The van der Waals surface area contributed by atoms with Crippen molar-refractivity contribution < 1.29 is 14.3 Å². The predicted molar refractivity (Wildman–Crippen MR) is 97.4 cm³/mol. The average Bonchev–Trinajstić information content (AvgIpc) is 2.60. The maximum Gasteiger partial charge on any atom is 0.356 e. The molecule has 0 aliphatic heterocycles. The molecule has 0 spiro atoms. The SMILES string of the molecule is CCOC(=O)c1cc(-c2cccc(Br)c2)c2cc(OC)ccc2n1. The third-order valence-electron chi connectivity index (χ3n) is 3.64. The smallest absolute Gasteiger partial charge is 0.356 e. The Morgan fingerprint density at radius 1 is 1.17 bits per heavy atom. The van der Waals surface area contributed by atoms with Crippen molar-refractivity contribution in [3.63, 3.8) is 0 Å². The van der Waals surface area contributed by atoms with Crippen LogP contribution in [0.3, 0.4) is 0 Å². The quantitative estimate of drug-likeness (QED) is 0.602. The number of aromatic nitrogens is 1. The molecule has 2 aromatic carbocycles. The van der Waals surface area contributed by atoms with E-state index < -0.39 is 5.97 Å². The highest BCUT2D eigenvalue weighted by molar-refractivity contribution is 9.10. The number of pyridine rings is 1. The van der Waals surface area contributed by atoms with Gasteiger partial charge in [-0.2, -0.15) is 0 Å². The van der Waals surface area contributed by atoms with Crippen molar-refractivity contribution in [2.45, 2.75) is 6.92 Å². The number of fused-ring (bicyclic) bond motifs is 1. The number of carbonyl (C=O) groups is 1. The summed E-state index contributed by atoms with van der Waals surface area (Å²) in [7, 11) is 1.63. The van der Waals surface area contributed by atoms with Gasteiger partial charge >= 0.3 is 5.97 Å². The van der Waals surface area contributed by atoms with Crippen LogP contribution in [-0.4, -0.2) is 24.7 Å². The third kappa shape index (κ3) is 3.26. The number of nitrogens with zero attached hydrogens (tertiary/aromatic N) is 1. The van der Waals surface area contributed by atoms with Gasteiger partial charge in [-0.3, -0.25) is 0 Å². The summed E-state index contributed by atoms with van der Waals surface area (Å²) in [5.41, 5.74) is 2.90. The van der Waals surface area contributed by atoms with Crippen molar-refractivity contribution in [3.05, 3.63) is 58.7 Å². The minimum atomic E-state index is -0.425. The van der Waals surface area contributed by atoms with Gasteiger partial charge < -0.3 is 9.47 Å². The fourth-order valence-corrected chi connectivity index (χ4v) is 2.94. The van der Waals surface area contributed by atoms with Crippen LogP contribution in [0.2, 0.25) is 0 Å². The lowest BCUT2D eigenvalue weighted by Crippen LogP contribution is -2.07. The van der Waals surface area contributed by atoms with Gasteiger partial charge in [0.15, 0.2) is 0 Å². The van der Waals surface area contributed by atoms with E-state index in [1.165, 1.54) is 0 Å². The summed E-state index contributed by atoms with van der Waals surface area (Å²) in [6.07, 6.45) is 0. The average molecular weight is 386 g/mol. The lowest BCUT2D eigenvalue weighted by molar-refractivity contribution is 0.0520. The molecule has 0 aliphatic rings. The Hall–Kier alpha value is -2.40. The molecule has 0 saturated carbocycles. The lowest BCUT2D eigenvalue weighted by Gasteiger charge is -2.11. The highest BCUT2D eigenvalue weighted by Crippen LogP contribution is 2.32. The second kappa shape index (κ2) is 7.01. The van der Waals surface area contributed by atoms with Gasteiger partial charge in [-0.1, -0.05) is 28.1 Å². The fourth-order valence-electron chi connectivity index (χ4n) is 2.54. The minimum Gasteiger partial charge on any atom is -0.497 e. The summed E-state index contributed by atoms with van der Waals surface area (Å²) in [6.45, 7) is 2.09. The molecule has 0 N–H and O–H groups in total. The molecule has 0 bridgehead atoms. The molecule has 0 fully saturated rings. The number of ether oxygens (including phenoxy) is 2. The van der Waals surface area contributed by atoms with E-state index >= 15 is 0 Å². The van der Waals surface area contributed by atoms with Crippen LogP contribution in [0, 0.1) is 0 Å². The van der Waals surface area contributed by atoms with E-state index in [2.05, 4.69) is 20.9 Å². The van der Waals surface area contributed by atoms with E-state index in [-0.39, 0.29) is 0 Å². The van der Waals surface area contributed by atoms with Crippen LogP contribution in [-0.2, 0) is 4.74 Å². The first-order valence-electron chi connectivity index (χ1n) is 7.54. The molecule has 0 unspecified atom stereocenters. The van der Waals surface area contributed by atoms with Crippen molar-refractivity contribution >= 4 is 32.8 Å². The zero-order chi connectivity index (χ0) is 17.1. The standard InChI is InChI=1S/C19H16BrNO3/c1-3-24-19(22)18-11-15(12-5-4-6-13(20)9-12)16-10-14(23-2)7-8-17(16)21-18/h4-11H,3H2,1-2H3. The highest BCUT2D eigenvalue weighted by Gasteiger charge is 2.15. The van der Waals surface area contributed by atoms with E-state index in [1.807, 2.05) is 42.5 Å². The maximum atomic E-state index is 12.1. The van der Waals surface area contributed by atoms with Gasteiger partial charge in [0.1, 0.15) is 11.4 Å². The summed E-state index contributed by atoms with van der Waals surface area (Å²) >= 11 is 3.49. The van der Waals surface area contributed by atoms with Gasteiger partial charge in [-0.05, 0) is 54.4 Å². The molecular weight excluding hydrogens is 370 g/mol. The second-order valence-electron chi connectivity index (χ2n) is 5.17. The lowest BCUT2D eigenvalue weighted by atomic mass is 10.00. The van der Waals surface area contributed by atoms with E-state index in [1.54, 1.807) is 20.1 Å². The first-order chi connectivity index (χ1) is 11.6. The second-order valence-corrected chi connectivity index (χ2v) is 6.08. The molecule has 3 aromatic rings. The molecule has 0 amide bonds. The Morgan fingerprint density at radius 2 is 2.00 bits per heavy atom. The van der Waals surface area contributed by atoms with Crippen LogP contribution in [0.25, 0.3) is 22.0 Å². The number of rotatable bonds is 4. The Balaban J connectivity index is 2.27. The molecule has 0 aliphatic carbocycles. The van der Waals surface area contributed by atoms with Crippen LogP contribution in [0.4, 0.5) is 0 Å². The number of esters is 1. The van der Waals surface area contributed by atoms with Crippen LogP contribution in [0.15, 0.2) is 53.0 Å². The first-order valence-corrected chi connectivity index (χ1v) is 8.33. The zero-order valence-electron chi connectivity index (χ0n) is 13.4. The van der Waals surface area contributed by atoms with Crippen molar-refractivity contribution in [1.29, 1.82) is 0 Å². The monoisotopic (exact) mass is 385 g/mol. The first kappa shape index (κ1) is 16.5. The third-order valence-corrected chi connectivity index (χ3v) is 4.13. The molecule has 24 heavy (non-hydrogen) atoms. The number of halogens is 1. The predicted octanol–water partition coefficient (Wildman–Crippen LogP) is 4.85. The summed E-state index contributed by atoms with van der Waals surface area (Å²) in [4.78, 5) is 16.6. The number of hydrogen-bond acceptors (Lipinski definition) is 4. The van der Waals surface area contributed by atoms with E-state index in [4.69, 9.17) is 9.47 Å². The van der Waals surface area contributed by atoms with Crippen LogP contribution >= 0.6 is 15.9 Å². The summed E-state index contributed by atoms with van der Waals surface area (Å²) in [6, 6.07) is 15.3. The van der Waals surface area contributed by atoms with Crippen molar-refractivity contribution in [2.75, 3.05) is 13.7 Å². The Kier molecular flexibility index (Phi) is 4.81. The molecule has 0 saturated heterocycles. The molecule has 1 heterocycles. The number of hydrogen-bond donors (Lipinski definition) is 0. The molecule has 4 nitrogen and oxygen atoms in total. The fraction of sp³-hybridized carbons (Fsp3) is 0.158. The maximum absolute atomic E-state index is 12.1. The van der Waals surface area contributed by atoms with Crippen molar-refractivity contribution in [2.24, 2.45) is 0 Å². The van der Waals surface area contributed by atoms with Gasteiger partial charge in [-0.25, -0.2) is 9.78 Å². The highest BCUT2D eigenvalue weighted by atomic mass is 79.9. The largest absolute Gasteiger partial charge is 0.497 e. The molecule has 5 heteroatoms. The van der Waals surface area contributed by atoms with Crippen molar-refractivity contribution in [1.82, 2.24) is 4.98 Å². The molecule has 122 valence electrons. The van der Waals surface area contributed by atoms with E-state index in [0.717, 1.165) is 32.3 Å². The topological polar surface area (TPSA) is 48.4 Å². The van der Waals surface area contributed by atoms with Gasteiger partial charge in [0.2, 0.25) is 0 Å². The molecular formula is C19H16BrNO3. The molecule has 1 aromatic heterocycles. The number of methoxy groups -OCH3 is 1. The molecule has 3 rings (SSSR count). The molecule has 0 radical (unpaired) electrons. The van der Waals surface area contributed by atoms with Crippen LogP contribution in [0.5, 0.6) is 5.75 Å². The Bertz CT molecular complexity index is 908. The number of benzene rings is 2. The minimum absolute atomic E-state index is 0.296. The van der Waals surface area contributed by atoms with Crippen molar-refractivity contribution in [3.8, 4) is 16.9 Å². The molecule has 0 atom stereocenters. The van der Waals surface area contributed by atoms with Gasteiger partial charge in [0, 0.05) is 9.86 Å². The summed E-state index contributed by atoms with van der Waals surface area (Å²) in [5.74, 6) is 0.316. The Morgan fingerprint density at radius 3 is 2.71 bits per heavy atom. The van der Waals surface area contributed by atoms with Crippen LogP contribution in [0.1, 0.15) is 17.4 Å². The van der Waals surface area contributed by atoms with E-state index in [0.29, 0.717) is 12.3 Å². The number of carbonyl (C=O) groups excluding carboxylic acids is 1. The van der Waals surface area contributed by atoms with Gasteiger partial charge in [0.05, 0.1) is 19.2 Å². The van der Waals surface area contributed by atoms with E-state index in [9.17, 15) is 4.79 Å². The van der Waals surface area contributed by atoms with Crippen LogP contribution < -0.4 is 4.74 Å². The normalized spacial score (nSPS) is 10.6. The summed E-state index contributed by atoms with van der Waals surface area (Å²) in [5, 5.41) is 0.917. The van der Waals surface area contributed by atoms with Gasteiger partial charge in [-0.15, -0.1) is 0 Å². The van der Waals surface area contributed by atoms with Gasteiger partial charge in [0.25, 0.3) is 0 Å². The Labute approximate surface area is 148 Å².